The lowest BCUT2D eigenvalue weighted by molar-refractivity contribution is 0.0944. The highest BCUT2D eigenvalue weighted by atomic mass is 32.1. The second-order valence-corrected chi connectivity index (χ2v) is 9.44. The van der Waals surface area contributed by atoms with Crippen LogP contribution in [0.1, 0.15) is 36.1 Å². The minimum absolute atomic E-state index is 0.00379. The number of methoxy groups -OCH3 is 1. The van der Waals surface area contributed by atoms with Gasteiger partial charge in [0.2, 0.25) is 0 Å². The number of hydrogen-bond acceptors (Lipinski definition) is 8. The molecule has 0 fully saturated rings. The van der Waals surface area contributed by atoms with E-state index in [0.29, 0.717) is 64.2 Å². The third-order valence-electron chi connectivity index (χ3n) is 5.49. The fourth-order valence-corrected chi connectivity index (χ4v) is 4.92. The van der Waals surface area contributed by atoms with E-state index in [-0.39, 0.29) is 11.9 Å². The smallest absolute Gasteiger partial charge is 0.265 e. The van der Waals surface area contributed by atoms with Gasteiger partial charge in [-0.2, -0.15) is 5.26 Å². The molecule has 0 unspecified atom stereocenters. The van der Waals surface area contributed by atoms with Gasteiger partial charge in [-0.1, -0.05) is 0 Å². The molecule has 0 aliphatic carbocycles. The summed E-state index contributed by atoms with van der Waals surface area (Å²) < 4.78 is 27.3. The number of thiophene rings is 1. The summed E-state index contributed by atoms with van der Waals surface area (Å²) in [5.74, 6) is 0.941. The van der Waals surface area contributed by atoms with Gasteiger partial charge < -0.3 is 24.7 Å². The van der Waals surface area contributed by atoms with Crippen LogP contribution in [0.3, 0.4) is 0 Å². The topological polar surface area (TPSA) is 114 Å². The first-order chi connectivity index (χ1) is 17.9. The molecule has 0 aliphatic rings. The summed E-state index contributed by atoms with van der Waals surface area (Å²) in [5, 5.41) is 16.2. The summed E-state index contributed by atoms with van der Waals surface area (Å²) in [6.07, 6.45) is 1.43. The molecule has 1 amide bonds. The predicted molar refractivity (Wildman–Crippen MR) is 141 cm³/mol. The Morgan fingerprint density at radius 1 is 1.24 bits per heavy atom. The van der Waals surface area contributed by atoms with Gasteiger partial charge in [0, 0.05) is 36.7 Å². The van der Waals surface area contributed by atoms with E-state index in [1.54, 1.807) is 28.8 Å². The van der Waals surface area contributed by atoms with Crippen molar-refractivity contribution in [2.75, 3.05) is 25.6 Å². The van der Waals surface area contributed by atoms with Crippen molar-refractivity contribution in [3.63, 3.8) is 0 Å². The number of anilines is 1. The van der Waals surface area contributed by atoms with Crippen LogP contribution in [-0.2, 0) is 6.54 Å². The van der Waals surface area contributed by atoms with Gasteiger partial charge >= 0.3 is 0 Å². The third-order valence-corrected chi connectivity index (χ3v) is 6.63. The van der Waals surface area contributed by atoms with E-state index in [2.05, 4.69) is 26.7 Å². The SMILES string of the molecule is CCOc1cc(-c2cc(NCCn3c(C#N)cc4c(OC)ccc(F)c43)ncn2)sc1C(=O)NC(C)C. The number of halogens is 1. The molecule has 0 bridgehead atoms. The number of rotatable bonds is 10. The minimum Gasteiger partial charge on any atom is -0.496 e. The Balaban J connectivity index is 1.54. The highest BCUT2D eigenvalue weighted by molar-refractivity contribution is 7.17. The number of carbonyl (C=O) groups is 1. The Morgan fingerprint density at radius 2 is 2.05 bits per heavy atom. The Morgan fingerprint density at radius 3 is 2.76 bits per heavy atom. The van der Waals surface area contributed by atoms with Crippen molar-refractivity contribution in [1.29, 1.82) is 5.26 Å². The van der Waals surface area contributed by atoms with Crippen LogP contribution >= 0.6 is 11.3 Å². The van der Waals surface area contributed by atoms with Crippen molar-refractivity contribution in [3.8, 4) is 28.1 Å². The normalized spacial score (nSPS) is 10.9. The van der Waals surface area contributed by atoms with Crippen LogP contribution in [-0.4, -0.2) is 46.7 Å². The van der Waals surface area contributed by atoms with E-state index >= 15 is 0 Å². The lowest BCUT2D eigenvalue weighted by Crippen LogP contribution is -2.29. The maximum absolute atomic E-state index is 14.7. The van der Waals surface area contributed by atoms with Crippen LogP contribution < -0.4 is 20.1 Å². The van der Waals surface area contributed by atoms with Crippen LogP contribution in [0.5, 0.6) is 11.5 Å². The molecule has 4 aromatic rings. The molecule has 3 aromatic heterocycles. The van der Waals surface area contributed by atoms with Gasteiger partial charge in [-0.25, -0.2) is 14.4 Å². The fourth-order valence-electron chi connectivity index (χ4n) is 3.95. The van der Waals surface area contributed by atoms with Crippen molar-refractivity contribution in [2.45, 2.75) is 33.4 Å². The molecule has 4 rings (SSSR count). The van der Waals surface area contributed by atoms with E-state index in [0.717, 1.165) is 4.88 Å². The average Bonchev–Trinajstić information content (AvgIpc) is 3.47. The van der Waals surface area contributed by atoms with Gasteiger partial charge in [-0.3, -0.25) is 4.79 Å². The highest BCUT2D eigenvalue weighted by Gasteiger charge is 2.20. The number of nitriles is 1. The zero-order valence-electron chi connectivity index (χ0n) is 21.0. The minimum atomic E-state index is -0.429. The number of hydrogen-bond donors (Lipinski definition) is 2. The number of amides is 1. The zero-order chi connectivity index (χ0) is 26.5. The van der Waals surface area contributed by atoms with E-state index in [4.69, 9.17) is 9.47 Å². The summed E-state index contributed by atoms with van der Waals surface area (Å²) in [4.78, 5) is 22.5. The first kappa shape index (κ1) is 25.9. The zero-order valence-corrected chi connectivity index (χ0v) is 21.8. The predicted octanol–water partition coefficient (Wildman–Crippen LogP) is 4.83. The van der Waals surface area contributed by atoms with Gasteiger partial charge in [0.1, 0.15) is 46.1 Å². The van der Waals surface area contributed by atoms with Crippen molar-refractivity contribution in [3.05, 3.63) is 53.0 Å². The maximum atomic E-state index is 14.7. The third kappa shape index (κ3) is 5.49. The molecule has 3 heterocycles. The van der Waals surface area contributed by atoms with E-state index in [9.17, 15) is 14.4 Å². The summed E-state index contributed by atoms with van der Waals surface area (Å²) in [6, 6.07) is 10.2. The Labute approximate surface area is 217 Å². The van der Waals surface area contributed by atoms with Gasteiger partial charge in [0.25, 0.3) is 5.91 Å². The Kier molecular flexibility index (Phi) is 7.89. The molecule has 0 spiro atoms. The first-order valence-corrected chi connectivity index (χ1v) is 12.6. The molecule has 192 valence electrons. The molecule has 0 saturated heterocycles. The number of benzene rings is 1. The van der Waals surface area contributed by atoms with Crippen molar-refractivity contribution < 1.29 is 18.7 Å². The number of fused-ring (bicyclic) bond motifs is 1. The van der Waals surface area contributed by atoms with Crippen molar-refractivity contribution in [1.82, 2.24) is 19.9 Å². The number of ether oxygens (including phenoxy) is 2. The number of nitrogens with zero attached hydrogens (tertiary/aromatic N) is 4. The van der Waals surface area contributed by atoms with Gasteiger partial charge in [0.05, 0.1) is 29.8 Å². The molecule has 2 N–H and O–H groups in total. The summed E-state index contributed by atoms with van der Waals surface area (Å²) in [5.41, 5.74) is 1.28. The molecule has 11 heteroatoms. The van der Waals surface area contributed by atoms with E-state index in [1.807, 2.05) is 20.8 Å². The van der Waals surface area contributed by atoms with E-state index in [1.165, 1.54) is 30.8 Å². The molecular formula is C26H27FN6O3S. The van der Waals surface area contributed by atoms with Gasteiger partial charge in [-0.15, -0.1) is 11.3 Å². The van der Waals surface area contributed by atoms with Crippen molar-refractivity contribution in [2.24, 2.45) is 0 Å². The van der Waals surface area contributed by atoms with Crippen LogP contribution in [0.4, 0.5) is 10.2 Å². The Hall–Kier alpha value is -4.17. The second-order valence-electron chi connectivity index (χ2n) is 8.39. The lowest BCUT2D eigenvalue weighted by Gasteiger charge is -2.11. The number of aromatic nitrogens is 3. The summed E-state index contributed by atoms with van der Waals surface area (Å²) >= 11 is 1.30. The summed E-state index contributed by atoms with van der Waals surface area (Å²) in [7, 11) is 1.51. The lowest BCUT2D eigenvalue weighted by atomic mass is 10.2. The molecular weight excluding hydrogens is 495 g/mol. The Bertz CT molecular complexity index is 1470. The van der Waals surface area contributed by atoms with Crippen LogP contribution in [0.25, 0.3) is 21.5 Å². The molecule has 0 aliphatic heterocycles. The average molecular weight is 523 g/mol. The molecule has 0 saturated carbocycles. The molecule has 37 heavy (non-hydrogen) atoms. The standard InChI is InChI=1S/C26H27FN6O3S/c1-5-36-21-12-22(37-25(21)26(34)32-15(2)3)19-11-23(31-14-30-19)29-8-9-33-16(13-28)10-17-20(35-4)7-6-18(27)24(17)33/h6-7,10-12,14-15H,5,8-9H2,1-4H3,(H,32,34)(H,29,30,31). The molecule has 0 radical (unpaired) electrons. The van der Waals surface area contributed by atoms with Crippen LogP contribution in [0.2, 0.25) is 0 Å². The van der Waals surface area contributed by atoms with Gasteiger partial charge in [0.15, 0.2) is 0 Å². The maximum Gasteiger partial charge on any atom is 0.265 e. The largest absolute Gasteiger partial charge is 0.496 e. The van der Waals surface area contributed by atoms with Gasteiger partial charge in [-0.05, 0) is 39.0 Å². The van der Waals surface area contributed by atoms with E-state index < -0.39 is 5.82 Å². The van der Waals surface area contributed by atoms with Crippen LogP contribution in [0.15, 0.2) is 36.7 Å². The van der Waals surface area contributed by atoms with Crippen molar-refractivity contribution >= 4 is 34.0 Å². The molecule has 9 nitrogen and oxygen atoms in total. The quantitative estimate of drug-likeness (QED) is 0.307. The fraction of sp³-hybridized carbons (Fsp3) is 0.308. The molecule has 1 aromatic carbocycles. The summed E-state index contributed by atoms with van der Waals surface area (Å²) in [6.45, 7) is 6.79. The highest BCUT2D eigenvalue weighted by Crippen LogP contribution is 2.36. The second kappa shape index (κ2) is 11.3. The monoisotopic (exact) mass is 522 g/mol. The number of nitrogens with one attached hydrogen (secondary N) is 2. The number of carbonyl (C=O) groups excluding carboxylic acids is 1. The first-order valence-electron chi connectivity index (χ1n) is 11.8. The molecule has 0 atom stereocenters. The van der Waals surface area contributed by atoms with Crippen LogP contribution in [0, 0.1) is 17.1 Å².